The van der Waals surface area contributed by atoms with E-state index in [2.05, 4.69) is 4.72 Å². The van der Waals surface area contributed by atoms with Gasteiger partial charge in [0, 0.05) is 19.2 Å². The van der Waals surface area contributed by atoms with Crippen molar-refractivity contribution in [3.63, 3.8) is 0 Å². The smallest absolute Gasteiger partial charge is 0.419 e. The number of sulfonamides is 1. The van der Waals surface area contributed by atoms with Crippen molar-refractivity contribution in [1.82, 2.24) is 9.29 Å². The Bertz CT molecular complexity index is 1070. The van der Waals surface area contributed by atoms with Crippen LogP contribution < -0.4 is 15.2 Å². The van der Waals surface area contributed by atoms with E-state index in [1.165, 1.54) is 16.7 Å². The van der Waals surface area contributed by atoms with Gasteiger partial charge in [0.05, 0.1) is 17.5 Å². The summed E-state index contributed by atoms with van der Waals surface area (Å²) in [6.07, 6.45) is 0.548. The van der Waals surface area contributed by atoms with E-state index in [0.29, 0.717) is 18.5 Å². The van der Waals surface area contributed by atoms with E-state index in [1.54, 1.807) is 13.2 Å². The largest absolute Gasteiger partial charge is 0.497 e. The Balaban J connectivity index is 1.73. The van der Waals surface area contributed by atoms with Gasteiger partial charge in [-0.25, -0.2) is 17.9 Å². The number of aryl methyl sites for hydroxylation is 1. The Kier molecular flexibility index (Phi) is 5.15. The quantitative estimate of drug-likeness (QED) is 0.682. The number of methoxy groups -OCH3 is 1. The Morgan fingerprint density at radius 1 is 1.15 bits per heavy atom. The molecule has 0 radical (unpaired) electrons. The third-order valence-corrected chi connectivity index (χ3v) is 5.59. The van der Waals surface area contributed by atoms with Crippen molar-refractivity contribution in [3.05, 3.63) is 58.6 Å². The fourth-order valence-corrected chi connectivity index (χ4v) is 3.77. The number of aromatic nitrogens is 1. The molecule has 3 rings (SSSR count). The lowest BCUT2D eigenvalue weighted by Crippen LogP contribution is -2.26. The SMILES string of the molecule is CCn1c(=O)oc2cc(S(=O)(=O)NCCc3ccc(OC)cc3)ccc21. The first-order chi connectivity index (χ1) is 12.4. The predicted octanol–water partition coefficient (Wildman–Crippen LogP) is 2.14. The summed E-state index contributed by atoms with van der Waals surface area (Å²) >= 11 is 0. The van der Waals surface area contributed by atoms with Gasteiger partial charge in [0.2, 0.25) is 10.0 Å². The van der Waals surface area contributed by atoms with Crippen molar-refractivity contribution in [2.75, 3.05) is 13.7 Å². The van der Waals surface area contributed by atoms with Gasteiger partial charge in [-0.15, -0.1) is 0 Å². The van der Waals surface area contributed by atoms with Gasteiger partial charge in [-0.3, -0.25) is 4.57 Å². The van der Waals surface area contributed by atoms with Gasteiger partial charge in [-0.1, -0.05) is 12.1 Å². The monoisotopic (exact) mass is 376 g/mol. The zero-order valence-corrected chi connectivity index (χ0v) is 15.4. The van der Waals surface area contributed by atoms with Crippen LogP contribution in [0.3, 0.4) is 0 Å². The van der Waals surface area contributed by atoms with Crippen LogP contribution in [-0.4, -0.2) is 26.6 Å². The first kappa shape index (κ1) is 18.2. The van der Waals surface area contributed by atoms with Crippen molar-refractivity contribution in [1.29, 1.82) is 0 Å². The average Bonchev–Trinajstić information content (AvgIpc) is 2.96. The number of rotatable bonds is 7. The van der Waals surface area contributed by atoms with E-state index < -0.39 is 15.8 Å². The zero-order valence-electron chi connectivity index (χ0n) is 14.6. The number of oxazole rings is 1. The molecule has 0 atom stereocenters. The summed E-state index contributed by atoms with van der Waals surface area (Å²) in [5.74, 6) is 0.257. The minimum atomic E-state index is -3.69. The third-order valence-electron chi connectivity index (χ3n) is 4.13. The molecule has 0 fully saturated rings. The second-order valence-electron chi connectivity index (χ2n) is 5.74. The van der Waals surface area contributed by atoms with Crippen LogP contribution in [0.4, 0.5) is 0 Å². The van der Waals surface area contributed by atoms with E-state index in [-0.39, 0.29) is 17.0 Å². The number of ether oxygens (including phenoxy) is 1. The lowest BCUT2D eigenvalue weighted by Gasteiger charge is -2.07. The average molecular weight is 376 g/mol. The second kappa shape index (κ2) is 7.35. The highest BCUT2D eigenvalue weighted by Crippen LogP contribution is 2.18. The van der Waals surface area contributed by atoms with E-state index in [0.717, 1.165) is 11.3 Å². The highest BCUT2D eigenvalue weighted by atomic mass is 32.2. The summed E-state index contributed by atoms with van der Waals surface area (Å²) in [4.78, 5) is 11.8. The Morgan fingerprint density at radius 3 is 2.54 bits per heavy atom. The van der Waals surface area contributed by atoms with Crippen LogP contribution in [-0.2, 0) is 23.0 Å². The molecule has 0 aliphatic heterocycles. The number of hydrogen-bond acceptors (Lipinski definition) is 5. The highest BCUT2D eigenvalue weighted by Gasteiger charge is 2.17. The van der Waals surface area contributed by atoms with E-state index >= 15 is 0 Å². The topological polar surface area (TPSA) is 90.5 Å². The highest BCUT2D eigenvalue weighted by molar-refractivity contribution is 7.89. The predicted molar refractivity (Wildman–Crippen MR) is 98.0 cm³/mol. The van der Waals surface area contributed by atoms with Crippen LogP contribution in [0.15, 0.2) is 56.6 Å². The molecular formula is C18H20N2O5S. The molecule has 8 heteroatoms. The maximum absolute atomic E-state index is 12.5. The molecule has 26 heavy (non-hydrogen) atoms. The van der Waals surface area contributed by atoms with Gasteiger partial charge in [-0.05, 0) is 43.2 Å². The van der Waals surface area contributed by atoms with Crippen molar-refractivity contribution in [3.8, 4) is 5.75 Å². The standard InChI is InChI=1S/C18H20N2O5S/c1-3-20-16-9-8-15(12-17(16)25-18(20)21)26(22,23)19-11-10-13-4-6-14(24-2)7-5-13/h4-9,12,19H,3,10-11H2,1-2H3. The summed E-state index contributed by atoms with van der Waals surface area (Å²) in [5.41, 5.74) is 1.83. The molecule has 1 heterocycles. The van der Waals surface area contributed by atoms with Crippen LogP contribution in [0.25, 0.3) is 11.1 Å². The third kappa shape index (κ3) is 3.66. The molecule has 0 saturated carbocycles. The molecule has 1 aromatic heterocycles. The van der Waals surface area contributed by atoms with Gasteiger partial charge in [0.1, 0.15) is 5.75 Å². The fraction of sp³-hybridized carbons (Fsp3) is 0.278. The second-order valence-corrected chi connectivity index (χ2v) is 7.50. The van der Waals surface area contributed by atoms with Crippen molar-refractivity contribution >= 4 is 21.1 Å². The van der Waals surface area contributed by atoms with Gasteiger partial charge >= 0.3 is 5.76 Å². The first-order valence-corrected chi connectivity index (χ1v) is 9.69. The molecular weight excluding hydrogens is 356 g/mol. The van der Waals surface area contributed by atoms with E-state index in [1.807, 2.05) is 31.2 Å². The molecule has 0 saturated heterocycles. The molecule has 0 spiro atoms. The molecule has 0 bridgehead atoms. The maximum Gasteiger partial charge on any atom is 0.419 e. The molecule has 0 aliphatic carbocycles. The number of hydrogen-bond donors (Lipinski definition) is 1. The summed E-state index contributed by atoms with van der Waals surface area (Å²) in [6.45, 7) is 2.53. The summed E-state index contributed by atoms with van der Waals surface area (Å²) < 4.78 is 39.2. The normalized spacial score (nSPS) is 11.8. The Morgan fingerprint density at radius 2 is 1.88 bits per heavy atom. The summed E-state index contributed by atoms with van der Waals surface area (Å²) in [5, 5.41) is 0. The van der Waals surface area contributed by atoms with Gasteiger partial charge < -0.3 is 9.15 Å². The lowest BCUT2D eigenvalue weighted by atomic mass is 10.1. The first-order valence-electron chi connectivity index (χ1n) is 8.20. The summed E-state index contributed by atoms with van der Waals surface area (Å²) in [6, 6.07) is 11.9. The minimum absolute atomic E-state index is 0.0664. The summed E-state index contributed by atoms with van der Waals surface area (Å²) in [7, 11) is -2.10. The van der Waals surface area contributed by atoms with Gasteiger partial charge in [-0.2, -0.15) is 0 Å². The fourth-order valence-electron chi connectivity index (χ4n) is 2.72. The molecule has 7 nitrogen and oxygen atoms in total. The van der Waals surface area contributed by atoms with Crippen molar-refractivity contribution < 1.29 is 17.6 Å². The number of nitrogens with zero attached hydrogens (tertiary/aromatic N) is 1. The molecule has 138 valence electrons. The zero-order chi connectivity index (χ0) is 18.7. The van der Waals surface area contributed by atoms with Gasteiger partial charge in [0.15, 0.2) is 5.58 Å². The molecule has 0 aliphatic rings. The number of fused-ring (bicyclic) bond motifs is 1. The Labute approximate surface area is 151 Å². The molecule has 2 aromatic carbocycles. The molecule has 0 amide bonds. The lowest BCUT2D eigenvalue weighted by molar-refractivity contribution is 0.414. The van der Waals surface area contributed by atoms with Crippen LogP contribution in [0.5, 0.6) is 5.75 Å². The number of benzene rings is 2. The van der Waals surface area contributed by atoms with Gasteiger partial charge in [0.25, 0.3) is 0 Å². The van der Waals surface area contributed by atoms with Crippen LogP contribution in [0.2, 0.25) is 0 Å². The minimum Gasteiger partial charge on any atom is -0.497 e. The van der Waals surface area contributed by atoms with E-state index in [9.17, 15) is 13.2 Å². The van der Waals surface area contributed by atoms with E-state index in [4.69, 9.17) is 9.15 Å². The Hall–Kier alpha value is -2.58. The van der Waals surface area contributed by atoms with Crippen molar-refractivity contribution in [2.24, 2.45) is 0 Å². The maximum atomic E-state index is 12.5. The molecule has 0 unspecified atom stereocenters. The molecule has 1 N–H and O–H groups in total. The van der Waals surface area contributed by atoms with Crippen LogP contribution in [0.1, 0.15) is 12.5 Å². The van der Waals surface area contributed by atoms with Crippen molar-refractivity contribution in [2.45, 2.75) is 24.8 Å². The molecule has 3 aromatic rings. The van der Waals surface area contributed by atoms with Crippen LogP contribution in [0, 0.1) is 0 Å². The number of nitrogens with one attached hydrogen (secondary N) is 1. The van der Waals surface area contributed by atoms with Crippen LogP contribution >= 0.6 is 0 Å².